The van der Waals surface area contributed by atoms with Gasteiger partial charge in [-0.1, -0.05) is 6.07 Å². The number of rotatable bonds is 8. The van der Waals surface area contributed by atoms with Crippen LogP contribution in [0.4, 0.5) is 8.78 Å². The first-order valence-electron chi connectivity index (χ1n) is 5.98. The smallest absolute Gasteiger partial charge is 0.131 e. The monoisotopic (exact) mass is 259 g/mol. The fourth-order valence-corrected chi connectivity index (χ4v) is 1.62. The normalized spacial score (nSPS) is 12.7. The van der Waals surface area contributed by atoms with Gasteiger partial charge in [-0.15, -0.1) is 0 Å². The van der Waals surface area contributed by atoms with Crippen LogP contribution in [0.15, 0.2) is 18.2 Å². The second kappa shape index (κ2) is 8.13. The van der Waals surface area contributed by atoms with Crippen molar-refractivity contribution in [2.45, 2.75) is 18.9 Å². The third-order valence-corrected chi connectivity index (χ3v) is 2.61. The zero-order valence-electron chi connectivity index (χ0n) is 10.5. The number of methoxy groups -OCH3 is 1. The zero-order chi connectivity index (χ0) is 13.4. The van der Waals surface area contributed by atoms with E-state index < -0.39 is 17.7 Å². The van der Waals surface area contributed by atoms with E-state index >= 15 is 0 Å². The van der Waals surface area contributed by atoms with E-state index in [1.54, 1.807) is 7.11 Å². The van der Waals surface area contributed by atoms with Crippen LogP contribution in [0.3, 0.4) is 0 Å². The maximum atomic E-state index is 13.3. The second-order valence-electron chi connectivity index (χ2n) is 4.09. The second-order valence-corrected chi connectivity index (χ2v) is 4.09. The molecule has 5 heteroatoms. The molecular formula is C13H19F2NO2. The number of aliphatic hydroxyl groups excluding tert-OH is 1. The summed E-state index contributed by atoms with van der Waals surface area (Å²) in [4.78, 5) is 0. The third kappa shape index (κ3) is 5.08. The summed E-state index contributed by atoms with van der Waals surface area (Å²) in [7, 11) is 1.65. The lowest BCUT2D eigenvalue weighted by Gasteiger charge is -2.13. The summed E-state index contributed by atoms with van der Waals surface area (Å²) in [6, 6.07) is 3.18. The maximum absolute atomic E-state index is 13.3. The van der Waals surface area contributed by atoms with Crippen molar-refractivity contribution in [3.8, 4) is 0 Å². The number of ether oxygens (including phenoxy) is 1. The van der Waals surface area contributed by atoms with Gasteiger partial charge in [-0.05, 0) is 25.5 Å². The SMILES string of the molecule is COCCCCNCC(O)c1ccc(F)cc1F. The number of nitrogens with one attached hydrogen (secondary N) is 1. The van der Waals surface area contributed by atoms with Crippen LogP contribution in [0, 0.1) is 11.6 Å². The molecule has 18 heavy (non-hydrogen) atoms. The molecule has 0 fully saturated rings. The van der Waals surface area contributed by atoms with Crippen molar-refractivity contribution in [1.82, 2.24) is 5.32 Å². The van der Waals surface area contributed by atoms with Crippen LogP contribution in [0.5, 0.6) is 0 Å². The van der Waals surface area contributed by atoms with Gasteiger partial charge < -0.3 is 15.2 Å². The molecule has 0 bridgehead atoms. The number of unbranched alkanes of at least 4 members (excludes halogenated alkanes) is 1. The summed E-state index contributed by atoms with van der Waals surface area (Å²) in [6.45, 7) is 1.68. The van der Waals surface area contributed by atoms with E-state index in [1.807, 2.05) is 0 Å². The van der Waals surface area contributed by atoms with Gasteiger partial charge in [-0.25, -0.2) is 8.78 Å². The minimum Gasteiger partial charge on any atom is -0.387 e. The Bertz CT molecular complexity index is 361. The van der Waals surface area contributed by atoms with E-state index in [0.717, 1.165) is 31.5 Å². The van der Waals surface area contributed by atoms with Crippen molar-refractivity contribution < 1.29 is 18.6 Å². The van der Waals surface area contributed by atoms with Crippen molar-refractivity contribution in [3.05, 3.63) is 35.4 Å². The van der Waals surface area contributed by atoms with Gasteiger partial charge in [0, 0.05) is 31.9 Å². The summed E-state index contributed by atoms with van der Waals surface area (Å²) < 4.78 is 30.9. The van der Waals surface area contributed by atoms with E-state index in [0.29, 0.717) is 6.61 Å². The van der Waals surface area contributed by atoms with Crippen molar-refractivity contribution in [2.24, 2.45) is 0 Å². The number of halogens is 2. The zero-order valence-corrected chi connectivity index (χ0v) is 10.5. The summed E-state index contributed by atoms with van der Waals surface area (Å²) >= 11 is 0. The molecule has 1 rings (SSSR count). The highest BCUT2D eigenvalue weighted by molar-refractivity contribution is 5.21. The van der Waals surface area contributed by atoms with E-state index in [4.69, 9.17) is 4.74 Å². The van der Waals surface area contributed by atoms with Gasteiger partial charge in [-0.3, -0.25) is 0 Å². The Morgan fingerprint density at radius 3 is 2.78 bits per heavy atom. The van der Waals surface area contributed by atoms with Crippen LogP contribution in [-0.4, -0.2) is 31.9 Å². The lowest BCUT2D eigenvalue weighted by atomic mass is 10.1. The highest BCUT2D eigenvalue weighted by Gasteiger charge is 2.12. The lowest BCUT2D eigenvalue weighted by Crippen LogP contribution is -2.23. The Morgan fingerprint density at radius 1 is 1.33 bits per heavy atom. The average Bonchev–Trinajstić information content (AvgIpc) is 2.33. The highest BCUT2D eigenvalue weighted by Crippen LogP contribution is 2.17. The molecule has 0 spiro atoms. The Morgan fingerprint density at radius 2 is 2.11 bits per heavy atom. The van der Waals surface area contributed by atoms with Gasteiger partial charge in [0.15, 0.2) is 0 Å². The van der Waals surface area contributed by atoms with Crippen molar-refractivity contribution in [3.63, 3.8) is 0 Å². The van der Waals surface area contributed by atoms with Gasteiger partial charge in [0.25, 0.3) is 0 Å². The highest BCUT2D eigenvalue weighted by atomic mass is 19.1. The molecule has 0 heterocycles. The predicted octanol–water partition coefficient (Wildman–Crippen LogP) is 2.01. The average molecular weight is 259 g/mol. The molecule has 0 aliphatic heterocycles. The molecule has 0 radical (unpaired) electrons. The number of benzene rings is 1. The fourth-order valence-electron chi connectivity index (χ4n) is 1.62. The van der Waals surface area contributed by atoms with Crippen LogP contribution in [-0.2, 0) is 4.74 Å². The first kappa shape index (κ1) is 15.0. The van der Waals surface area contributed by atoms with Gasteiger partial charge in [0.1, 0.15) is 11.6 Å². The van der Waals surface area contributed by atoms with E-state index in [1.165, 1.54) is 6.07 Å². The summed E-state index contributed by atoms with van der Waals surface area (Å²) in [5.41, 5.74) is 0.112. The maximum Gasteiger partial charge on any atom is 0.131 e. The van der Waals surface area contributed by atoms with Crippen LogP contribution >= 0.6 is 0 Å². The minimum atomic E-state index is -0.965. The van der Waals surface area contributed by atoms with Crippen LogP contribution in [0.2, 0.25) is 0 Å². The van der Waals surface area contributed by atoms with Crippen LogP contribution < -0.4 is 5.32 Å². The molecule has 0 saturated heterocycles. The molecule has 1 atom stereocenters. The summed E-state index contributed by atoms with van der Waals surface area (Å²) in [6.07, 6.45) is 0.893. The van der Waals surface area contributed by atoms with Crippen molar-refractivity contribution in [2.75, 3.05) is 26.8 Å². The first-order chi connectivity index (χ1) is 8.65. The molecule has 0 aliphatic carbocycles. The first-order valence-corrected chi connectivity index (χ1v) is 5.98. The van der Waals surface area contributed by atoms with Gasteiger partial charge in [0.05, 0.1) is 6.10 Å². The van der Waals surface area contributed by atoms with E-state index in [9.17, 15) is 13.9 Å². The molecule has 1 aromatic carbocycles. The van der Waals surface area contributed by atoms with Gasteiger partial charge in [-0.2, -0.15) is 0 Å². The topological polar surface area (TPSA) is 41.5 Å². The third-order valence-electron chi connectivity index (χ3n) is 2.61. The van der Waals surface area contributed by atoms with Crippen molar-refractivity contribution in [1.29, 1.82) is 0 Å². The number of aliphatic hydroxyl groups is 1. The van der Waals surface area contributed by atoms with Crippen LogP contribution in [0.25, 0.3) is 0 Å². The molecule has 0 aliphatic rings. The molecule has 0 amide bonds. The molecule has 0 saturated carbocycles. The Kier molecular flexibility index (Phi) is 6.78. The van der Waals surface area contributed by atoms with E-state index in [2.05, 4.69) is 5.32 Å². The largest absolute Gasteiger partial charge is 0.387 e. The van der Waals surface area contributed by atoms with Gasteiger partial charge >= 0.3 is 0 Å². The van der Waals surface area contributed by atoms with Crippen LogP contribution in [0.1, 0.15) is 24.5 Å². The molecule has 3 nitrogen and oxygen atoms in total. The Hall–Kier alpha value is -1.04. The quantitative estimate of drug-likeness (QED) is 0.702. The predicted molar refractivity (Wildman–Crippen MR) is 65.3 cm³/mol. The van der Waals surface area contributed by atoms with Crippen molar-refractivity contribution >= 4 is 0 Å². The van der Waals surface area contributed by atoms with Gasteiger partial charge in [0.2, 0.25) is 0 Å². The standard InChI is InChI=1S/C13H19F2NO2/c1-18-7-3-2-6-16-9-13(17)11-5-4-10(14)8-12(11)15/h4-5,8,13,16-17H,2-3,6-7,9H2,1H3. The lowest BCUT2D eigenvalue weighted by molar-refractivity contribution is 0.168. The minimum absolute atomic E-state index is 0.112. The summed E-state index contributed by atoms with van der Waals surface area (Å²) in [5, 5.41) is 12.8. The molecule has 0 aromatic heterocycles. The Labute approximate surface area is 106 Å². The van der Waals surface area contributed by atoms with E-state index in [-0.39, 0.29) is 12.1 Å². The summed E-state index contributed by atoms with van der Waals surface area (Å²) in [5.74, 6) is -1.36. The number of hydrogen-bond acceptors (Lipinski definition) is 3. The molecule has 2 N–H and O–H groups in total. The molecule has 1 unspecified atom stereocenters. The number of hydrogen-bond donors (Lipinski definition) is 2. The fraction of sp³-hybridized carbons (Fsp3) is 0.538. The molecule has 102 valence electrons. The molecular weight excluding hydrogens is 240 g/mol. The molecule has 1 aromatic rings. The Balaban J connectivity index is 2.29.